The minimum Gasteiger partial charge on any atom is -0.363 e. The van der Waals surface area contributed by atoms with Crippen LogP contribution in [0.1, 0.15) is 5.69 Å². The van der Waals surface area contributed by atoms with Crippen LogP contribution in [0.3, 0.4) is 0 Å². The normalized spacial score (nSPS) is 11.6. The summed E-state index contributed by atoms with van der Waals surface area (Å²) in [5.41, 5.74) is 5.38. The molecule has 0 radical (unpaired) electrons. The summed E-state index contributed by atoms with van der Waals surface area (Å²) in [4.78, 5) is 2.48. The Morgan fingerprint density at radius 2 is 1.75 bits per heavy atom. The van der Waals surface area contributed by atoms with E-state index in [1.807, 2.05) is 4.72 Å². The number of hydrogen-bond acceptors (Lipinski definition) is 3. The van der Waals surface area contributed by atoms with Gasteiger partial charge in [-0.3, -0.25) is 4.72 Å². The number of benzene rings is 1. The molecule has 2 aromatic rings. The van der Waals surface area contributed by atoms with Gasteiger partial charge in [0.2, 0.25) is 0 Å². The molecule has 0 saturated carbocycles. The van der Waals surface area contributed by atoms with E-state index >= 15 is 0 Å². The third-order valence-corrected chi connectivity index (χ3v) is 3.84. The van der Waals surface area contributed by atoms with Crippen LogP contribution in [0.4, 0.5) is 18.9 Å². The van der Waals surface area contributed by atoms with Crippen molar-refractivity contribution < 1.29 is 21.6 Å². The van der Waals surface area contributed by atoms with Crippen LogP contribution in [0.5, 0.6) is 0 Å². The summed E-state index contributed by atoms with van der Waals surface area (Å²) in [5, 5.41) is 0. The lowest BCUT2D eigenvalue weighted by Gasteiger charge is -2.07. The highest BCUT2D eigenvalue weighted by Crippen LogP contribution is 2.21. The number of hydrogen-bond donors (Lipinski definition) is 3. The molecule has 20 heavy (non-hydrogen) atoms. The Kier molecular flexibility index (Phi) is 3.73. The van der Waals surface area contributed by atoms with Gasteiger partial charge in [0.15, 0.2) is 17.5 Å². The van der Waals surface area contributed by atoms with E-state index in [2.05, 4.69) is 4.98 Å². The summed E-state index contributed by atoms with van der Waals surface area (Å²) in [7, 11) is -4.04. The second kappa shape index (κ2) is 5.17. The summed E-state index contributed by atoms with van der Waals surface area (Å²) in [6.45, 7) is 0.106. The molecule has 2 rings (SSSR count). The van der Waals surface area contributed by atoms with Gasteiger partial charge in [-0.05, 0) is 6.07 Å². The second-order valence-electron chi connectivity index (χ2n) is 3.92. The van der Waals surface area contributed by atoms with E-state index in [0.29, 0.717) is 17.8 Å². The van der Waals surface area contributed by atoms with Gasteiger partial charge >= 0.3 is 0 Å². The molecule has 0 spiro atoms. The van der Waals surface area contributed by atoms with Crippen LogP contribution in [0.15, 0.2) is 29.3 Å². The van der Waals surface area contributed by atoms with Crippen LogP contribution in [0.2, 0.25) is 0 Å². The number of aromatic amines is 1. The molecule has 5 nitrogen and oxygen atoms in total. The molecule has 1 heterocycles. The minimum atomic E-state index is -4.04. The maximum atomic E-state index is 13.0. The molecule has 0 bridgehead atoms. The van der Waals surface area contributed by atoms with Gasteiger partial charge < -0.3 is 10.7 Å². The zero-order valence-electron chi connectivity index (χ0n) is 9.95. The molecule has 0 aliphatic heterocycles. The first kappa shape index (κ1) is 14.4. The molecule has 0 fully saturated rings. The fourth-order valence-electron chi connectivity index (χ4n) is 1.52. The lowest BCUT2D eigenvalue weighted by atomic mass is 10.3. The van der Waals surface area contributed by atoms with Crippen LogP contribution in [0, 0.1) is 17.5 Å². The Morgan fingerprint density at radius 3 is 2.25 bits per heavy atom. The number of nitrogens with two attached hydrogens (primary N) is 1. The van der Waals surface area contributed by atoms with Gasteiger partial charge in [0.1, 0.15) is 4.90 Å². The molecular formula is C11H10F3N3O2S. The number of nitrogens with one attached hydrogen (secondary N) is 2. The second-order valence-corrected chi connectivity index (χ2v) is 5.61. The first-order valence-corrected chi connectivity index (χ1v) is 6.86. The van der Waals surface area contributed by atoms with E-state index in [-0.39, 0.29) is 11.4 Å². The van der Waals surface area contributed by atoms with E-state index < -0.39 is 33.2 Å². The molecular weight excluding hydrogens is 295 g/mol. The van der Waals surface area contributed by atoms with Crippen molar-refractivity contribution in [1.82, 2.24) is 4.98 Å². The van der Waals surface area contributed by atoms with Crippen molar-refractivity contribution in [3.8, 4) is 0 Å². The predicted octanol–water partition coefficient (Wildman–Crippen LogP) is 1.69. The topological polar surface area (TPSA) is 88.0 Å². The Hall–Kier alpha value is -2.00. The first-order valence-electron chi connectivity index (χ1n) is 5.38. The van der Waals surface area contributed by atoms with E-state index in [4.69, 9.17) is 5.73 Å². The number of sulfonamides is 1. The Morgan fingerprint density at radius 1 is 1.15 bits per heavy atom. The molecule has 4 N–H and O–H groups in total. The van der Waals surface area contributed by atoms with Crippen LogP contribution in [-0.4, -0.2) is 13.4 Å². The number of halogens is 3. The van der Waals surface area contributed by atoms with Gasteiger partial charge in [0, 0.05) is 30.6 Å². The van der Waals surface area contributed by atoms with Crippen molar-refractivity contribution in [3.63, 3.8) is 0 Å². The van der Waals surface area contributed by atoms with Crippen molar-refractivity contribution >= 4 is 15.7 Å². The molecule has 0 saturated heterocycles. The largest absolute Gasteiger partial charge is 0.363 e. The predicted molar refractivity (Wildman–Crippen MR) is 65.8 cm³/mol. The third kappa shape index (κ3) is 2.78. The van der Waals surface area contributed by atoms with E-state index in [9.17, 15) is 21.6 Å². The molecule has 0 unspecified atom stereocenters. The number of aromatic nitrogens is 1. The van der Waals surface area contributed by atoms with Crippen molar-refractivity contribution in [2.45, 2.75) is 11.4 Å². The van der Waals surface area contributed by atoms with Crippen LogP contribution in [-0.2, 0) is 16.6 Å². The summed E-state index contributed by atoms with van der Waals surface area (Å²) >= 11 is 0. The van der Waals surface area contributed by atoms with Gasteiger partial charge in [0.25, 0.3) is 10.0 Å². The Bertz CT molecular complexity index is 720. The summed E-state index contributed by atoms with van der Waals surface area (Å²) in [5.74, 6) is -4.64. The van der Waals surface area contributed by atoms with Gasteiger partial charge in [-0.1, -0.05) is 0 Å². The molecule has 1 aromatic heterocycles. The molecule has 0 amide bonds. The summed E-state index contributed by atoms with van der Waals surface area (Å²) < 4.78 is 64.6. The lowest BCUT2D eigenvalue weighted by molar-refractivity contribution is 0.448. The fraction of sp³-hybridized carbons (Fsp3) is 0.0909. The molecule has 0 aliphatic rings. The Balaban J connectivity index is 2.33. The highest BCUT2D eigenvalue weighted by molar-refractivity contribution is 7.92. The van der Waals surface area contributed by atoms with Crippen LogP contribution < -0.4 is 10.5 Å². The molecule has 1 aromatic carbocycles. The third-order valence-electron chi connectivity index (χ3n) is 2.48. The number of anilines is 1. The lowest BCUT2D eigenvalue weighted by Crippen LogP contribution is -2.13. The first-order chi connectivity index (χ1) is 9.33. The smallest absolute Gasteiger partial charge is 0.263 e. The highest BCUT2D eigenvalue weighted by Gasteiger charge is 2.18. The number of H-pyrrole nitrogens is 1. The highest BCUT2D eigenvalue weighted by atomic mass is 32.2. The van der Waals surface area contributed by atoms with E-state index in [1.54, 1.807) is 0 Å². The standard InChI is InChI=1S/C11H10F3N3O2S/c12-9-2-6(3-10(13)11(9)14)17-20(18,19)8-1-7(4-15)16-5-8/h1-3,5,16-17H,4,15H2. The quantitative estimate of drug-likeness (QED) is 0.751. The molecule has 108 valence electrons. The van der Waals surface area contributed by atoms with Gasteiger partial charge in [0.05, 0.1) is 5.69 Å². The minimum absolute atomic E-state index is 0.106. The fourth-order valence-corrected chi connectivity index (χ4v) is 2.58. The maximum Gasteiger partial charge on any atom is 0.263 e. The van der Waals surface area contributed by atoms with Crippen molar-refractivity contribution in [1.29, 1.82) is 0 Å². The zero-order valence-corrected chi connectivity index (χ0v) is 10.8. The summed E-state index contributed by atoms with van der Waals surface area (Å²) in [6.07, 6.45) is 1.18. The van der Waals surface area contributed by atoms with Gasteiger partial charge in [-0.25, -0.2) is 21.6 Å². The average molecular weight is 305 g/mol. The molecule has 0 atom stereocenters. The monoisotopic (exact) mass is 305 g/mol. The van der Waals surface area contributed by atoms with Crippen molar-refractivity contribution in [2.75, 3.05) is 4.72 Å². The SMILES string of the molecule is NCc1cc(S(=O)(=O)Nc2cc(F)c(F)c(F)c2)c[nH]1. The van der Waals surface area contributed by atoms with E-state index in [1.165, 1.54) is 12.3 Å². The van der Waals surface area contributed by atoms with Gasteiger partial charge in [-0.15, -0.1) is 0 Å². The van der Waals surface area contributed by atoms with Crippen molar-refractivity contribution in [3.05, 3.63) is 47.5 Å². The van der Waals surface area contributed by atoms with E-state index in [0.717, 1.165) is 0 Å². The molecule has 9 heteroatoms. The van der Waals surface area contributed by atoms with Crippen LogP contribution >= 0.6 is 0 Å². The maximum absolute atomic E-state index is 13.0. The van der Waals surface area contributed by atoms with Gasteiger partial charge in [-0.2, -0.15) is 0 Å². The zero-order chi connectivity index (χ0) is 14.9. The Labute approximate surface area is 112 Å². The summed E-state index contributed by atoms with van der Waals surface area (Å²) in [6, 6.07) is 2.37. The molecule has 0 aliphatic carbocycles. The van der Waals surface area contributed by atoms with Crippen molar-refractivity contribution in [2.24, 2.45) is 5.73 Å². The average Bonchev–Trinajstić information content (AvgIpc) is 2.85. The number of rotatable bonds is 4. The van der Waals surface area contributed by atoms with Crippen LogP contribution in [0.25, 0.3) is 0 Å².